The van der Waals surface area contributed by atoms with E-state index in [0.717, 1.165) is 51.3 Å². The molecule has 2 aliphatic carbocycles. The molecule has 2 heterocycles. The summed E-state index contributed by atoms with van der Waals surface area (Å²) in [6.07, 6.45) is 6.02. The number of nitrogens with one attached hydrogen (secondary N) is 1. The molecule has 0 aliphatic heterocycles. The van der Waals surface area contributed by atoms with E-state index < -0.39 is 0 Å². The number of fused-ring (bicyclic) bond motifs is 1. The Morgan fingerprint density at radius 3 is 2.65 bits per heavy atom. The van der Waals surface area contributed by atoms with E-state index in [9.17, 15) is 4.79 Å². The first-order chi connectivity index (χ1) is 16.5. The van der Waals surface area contributed by atoms with Gasteiger partial charge in [0.25, 0.3) is 5.91 Å². The van der Waals surface area contributed by atoms with Crippen LogP contribution in [0.2, 0.25) is 5.02 Å². The van der Waals surface area contributed by atoms with Crippen molar-refractivity contribution in [3.63, 3.8) is 0 Å². The van der Waals surface area contributed by atoms with Gasteiger partial charge in [-0.05, 0) is 73.6 Å². The Hall–Kier alpha value is -3.03. The second-order valence-electron chi connectivity index (χ2n) is 9.09. The highest BCUT2D eigenvalue weighted by Gasteiger charge is 2.34. The van der Waals surface area contributed by atoms with Crippen LogP contribution in [0.15, 0.2) is 48.1 Å². The summed E-state index contributed by atoms with van der Waals surface area (Å²) in [5.74, 6) is 0.861. The van der Waals surface area contributed by atoms with Gasteiger partial charge in [-0.2, -0.15) is 0 Å². The first-order valence-electron chi connectivity index (χ1n) is 11.6. The van der Waals surface area contributed by atoms with Crippen molar-refractivity contribution in [2.75, 3.05) is 5.32 Å². The highest BCUT2D eigenvalue weighted by Crippen LogP contribution is 2.34. The van der Waals surface area contributed by atoms with Gasteiger partial charge in [0.1, 0.15) is 17.8 Å². The van der Waals surface area contributed by atoms with Crippen LogP contribution in [0.5, 0.6) is 0 Å². The number of halogens is 1. The van der Waals surface area contributed by atoms with Crippen molar-refractivity contribution in [2.24, 2.45) is 0 Å². The maximum absolute atomic E-state index is 13.2. The Bertz CT molecular complexity index is 1400. The number of benzene rings is 2. The van der Waals surface area contributed by atoms with Gasteiger partial charge in [-0.1, -0.05) is 23.7 Å². The van der Waals surface area contributed by atoms with Crippen molar-refractivity contribution in [1.29, 1.82) is 0 Å². The lowest BCUT2D eigenvalue weighted by Gasteiger charge is -2.22. The minimum Gasteiger partial charge on any atom is -0.367 e. The Kier molecular flexibility index (Phi) is 5.46. The minimum atomic E-state index is -0.0213. The summed E-state index contributed by atoms with van der Waals surface area (Å²) in [5, 5.41) is 7.93. The number of hydrogen-bond donors (Lipinski definition) is 1. The van der Waals surface area contributed by atoms with Gasteiger partial charge in [-0.25, -0.2) is 15.0 Å². The highest BCUT2D eigenvalue weighted by molar-refractivity contribution is 7.09. The molecule has 2 saturated carbocycles. The zero-order valence-corrected chi connectivity index (χ0v) is 20.4. The van der Waals surface area contributed by atoms with Crippen LogP contribution in [0.3, 0.4) is 0 Å². The zero-order valence-electron chi connectivity index (χ0n) is 18.8. The van der Waals surface area contributed by atoms with Crippen LogP contribution in [-0.4, -0.2) is 37.8 Å². The van der Waals surface area contributed by atoms with Gasteiger partial charge in [-0.3, -0.25) is 4.79 Å². The lowest BCUT2D eigenvalue weighted by molar-refractivity contribution is 0.0724. The summed E-state index contributed by atoms with van der Waals surface area (Å²) in [7, 11) is 0. The maximum Gasteiger partial charge on any atom is 0.273 e. The Labute approximate surface area is 207 Å². The molecule has 2 fully saturated rings. The molecule has 0 radical (unpaired) electrons. The molecule has 8 heteroatoms. The lowest BCUT2D eigenvalue weighted by Crippen LogP contribution is -2.33. The zero-order chi connectivity index (χ0) is 23.2. The molecule has 1 N–H and O–H groups in total. The van der Waals surface area contributed by atoms with Crippen LogP contribution in [-0.2, 0) is 6.54 Å². The number of carbonyl (C=O) groups excluding carboxylic acids is 1. The fraction of sp³-hybridized carbons (Fsp3) is 0.308. The maximum atomic E-state index is 13.2. The molecule has 6 rings (SSSR count). The van der Waals surface area contributed by atoms with E-state index >= 15 is 0 Å². The van der Waals surface area contributed by atoms with Crippen LogP contribution in [0, 0.1) is 6.92 Å². The molecule has 6 nitrogen and oxygen atoms in total. The molecule has 4 aromatic rings. The molecular formula is C26H24ClN5OS. The third-order valence-corrected chi connectivity index (χ3v) is 7.50. The monoisotopic (exact) mass is 489 g/mol. The minimum absolute atomic E-state index is 0.0213. The van der Waals surface area contributed by atoms with Crippen LogP contribution < -0.4 is 5.32 Å². The molecule has 0 atom stereocenters. The third-order valence-electron chi connectivity index (χ3n) is 6.36. The number of aromatic nitrogens is 3. The van der Waals surface area contributed by atoms with Gasteiger partial charge in [0, 0.05) is 34.4 Å². The van der Waals surface area contributed by atoms with E-state index in [-0.39, 0.29) is 11.9 Å². The molecule has 0 bridgehead atoms. The predicted octanol–water partition coefficient (Wildman–Crippen LogP) is 6.09. The molecule has 0 unspecified atom stereocenters. The molecule has 2 aliphatic rings. The first kappa shape index (κ1) is 21.5. The van der Waals surface area contributed by atoms with Crippen molar-refractivity contribution in [1.82, 2.24) is 19.9 Å². The molecule has 2 aromatic carbocycles. The van der Waals surface area contributed by atoms with E-state index in [1.54, 1.807) is 6.33 Å². The smallest absolute Gasteiger partial charge is 0.273 e. The van der Waals surface area contributed by atoms with Crippen molar-refractivity contribution >= 4 is 45.6 Å². The second-order valence-corrected chi connectivity index (χ2v) is 10.6. The van der Waals surface area contributed by atoms with Crippen molar-refractivity contribution in [3.05, 3.63) is 69.4 Å². The summed E-state index contributed by atoms with van der Waals surface area (Å²) in [5.41, 5.74) is 4.49. The standard InChI is InChI=1S/C26H24ClN5OS/c1-15-30-24(13-34-15)26(33)32(20-6-7-20)12-18-10-16(2-8-22(18)27)17-3-9-23-21(11-17)25(29-14-28-23)31-19-4-5-19/h2-3,8-11,13-14,19-20H,4-7,12H2,1H3,(H,28,29,31). The summed E-state index contributed by atoms with van der Waals surface area (Å²) in [6.45, 7) is 2.39. The topological polar surface area (TPSA) is 71.0 Å². The fourth-order valence-corrected chi connectivity index (χ4v) is 4.96. The van der Waals surface area contributed by atoms with Gasteiger partial charge in [0.05, 0.1) is 10.5 Å². The molecule has 0 spiro atoms. The van der Waals surface area contributed by atoms with Crippen molar-refractivity contribution < 1.29 is 4.79 Å². The average molecular weight is 490 g/mol. The largest absolute Gasteiger partial charge is 0.367 e. The van der Waals surface area contributed by atoms with Gasteiger partial charge in [0.15, 0.2) is 0 Å². The number of nitrogens with zero attached hydrogens (tertiary/aromatic N) is 4. The number of aryl methyl sites for hydroxylation is 1. The second kappa shape index (κ2) is 8.64. The van der Waals surface area contributed by atoms with Gasteiger partial charge < -0.3 is 10.2 Å². The number of thiazole rings is 1. The number of rotatable bonds is 7. The number of anilines is 1. The predicted molar refractivity (Wildman–Crippen MR) is 136 cm³/mol. The van der Waals surface area contributed by atoms with Crippen LogP contribution >= 0.6 is 22.9 Å². The highest BCUT2D eigenvalue weighted by atomic mass is 35.5. The van der Waals surface area contributed by atoms with E-state index in [1.165, 1.54) is 24.2 Å². The number of hydrogen-bond acceptors (Lipinski definition) is 6. The van der Waals surface area contributed by atoms with E-state index in [0.29, 0.717) is 23.3 Å². The van der Waals surface area contributed by atoms with Crippen LogP contribution in [0.25, 0.3) is 22.0 Å². The van der Waals surface area contributed by atoms with Gasteiger partial charge in [0.2, 0.25) is 0 Å². The van der Waals surface area contributed by atoms with Crippen molar-refractivity contribution in [3.8, 4) is 11.1 Å². The van der Waals surface area contributed by atoms with E-state index in [4.69, 9.17) is 11.6 Å². The van der Waals surface area contributed by atoms with E-state index in [1.807, 2.05) is 35.4 Å². The molecule has 172 valence electrons. The Balaban J connectivity index is 1.32. The third kappa shape index (κ3) is 4.38. The summed E-state index contributed by atoms with van der Waals surface area (Å²) >= 11 is 8.11. The summed E-state index contributed by atoms with van der Waals surface area (Å²) in [4.78, 5) is 28.4. The quantitative estimate of drug-likeness (QED) is 0.340. The molecular weight excluding hydrogens is 466 g/mol. The normalized spacial score (nSPS) is 15.5. The number of amides is 1. The number of carbonyl (C=O) groups is 1. The lowest BCUT2D eigenvalue weighted by atomic mass is 10.0. The molecule has 2 aromatic heterocycles. The van der Waals surface area contributed by atoms with Gasteiger partial charge >= 0.3 is 0 Å². The average Bonchev–Trinajstić information content (AvgIpc) is 3.78. The van der Waals surface area contributed by atoms with Crippen LogP contribution in [0.4, 0.5) is 5.82 Å². The van der Waals surface area contributed by atoms with E-state index in [2.05, 4.69) is 38.5 Å². The fourth-order valence-electron chi connectivity index (χ4n) is 4.19. The van der Waals surface area contributed by atoms with Crippen molar-refractivity contribution in [2.45, 2.75) is 51.2 Å². The summed E-state index contributed by atoms with van der Waals surface area (Å²) in [6, 6.07) is 13.0. The SMILES string of the molecule is Cc1nc(C(=O)N(Cc2cc(-c3ccc4ncnc(NC5CC5)c4c3)ccc2Cl)C2CC2)cs1. The molecule has 0 saturated heterocycles. The molecule has 34 heavy (non-hydrogen) atoms. The Morgan fingerprint density at radius 2 is 1.91 bits per heavy atom. The molecule has 1 amide bonds. The summed E-state index contributed by atoms with van der Waals surface area (Å²) < 4.78 is 0. The van der Waals surface area contributed by atoms with Gasteiger partial charge in [-0.15, -0.1) is 11.3 Å². The van der Waals surface area contributed by atoms with Crippen LogP contribution in [0.1, 0.15) is 46.7 Å². The first-order valence-corrected chi connectivity index (χ1v) is 12.8. The Morgan fingerprint density at radius 1 is 1.12 bits per heavy atom.